The van der Waals surface area contributed by atoms with E-state index in [1.165, 1.54) is 6.07 Å². The van der Waals surface area contributed by atoms with Gasteiger partial charge in [0.1, 0.15) is 5.82 Å². The Balaban J connectivity index is 2.48. The second kappa shape index (κ2) is 5.46. The summed E-state index contributed by atoms with van der Waals surface area (Å²) in [6, 6.07) is 3.97. The molecule has 6 nitrogen and oxygen atoms in total. The number of halogens is 2. The summed E-state index contributed by atoms with van der Waals surface area (Å²) in [5.41, 5.74) is 5.74. The zero-order valence-electron chi connectivity index (χ0n) is 10.0. The molecule has 0 unspecified atom stereocenters. The number of urea groups is 1. The van der Waals surface area contributed by atoms with Crippen molar-refractivity contribution in [2.45, 2.75) is 13.3 Å². The molecule has 1 aromatic heterocycles. The molecule has 2 amide bonds. The minimum Gasteiger partial charge on any atom is -0.351 e. The van der Waals surface area contributed by atoms with Crippen LogP contribution in [0, 0.1) is 0 Å². The number of carbonyl (C=O) groups excluding carboxylic acids is 1. The van der Waals surface area contributed by atoms with Gasteiger partial charge in [-0.1, -0.05) is 30.1 Å². The average Bonchev–Trinajstić information content (AvgIpc) is 2.80. The van der Waals surface area contributed by atoms with Crippen molar-refractivity contribution in [2.24, 2.45) is 5.73 Å². The third-order valence-corrected chi connectivity index (χ3v) is 2.96. The number of hydrogen-bond acceptors (Lipinski definition) is 3. The van der Waals surface area contributed by atoms with Crippen LogP contribution in [0.15, 0.2) is 18.2 Å². The summed E-state index contributed by atoms with van der Waals surface area (Å²) in [6.45, 7) is 1.91. The van der Waals surface area contributed by atoms with E-state index >= 15 is 0 Å². The topological polar surface area (TPSA) is 87.9 Å². The lowest BCUT2D eigenvalue weighted by Crippen LogP contribution is -2.32. The summed E-state index contributed by atoms with van der Waals surface area (Å²) in [4.78, 5) is 16.9. The van der Waals surface area contributed by atoms with Crippen LogP contribution >= 0.6 is 23.2 Å². The molecule has 100 valence electrons. The number of benzene rings is 1. The van der Waals surface area contributed by atoms with E-state index in [-0.39, 0.29) is 11.0 Å². The van der Waals surface area contributed by atoms with Crippen molar-refractivity contribution < 1.29 is 4.79 Å². The number of nitrogens with one attached hydrogen (secondary N) is 1. The van der Waals surface area contributed by atoms with Crippen molar-refractivity contribution in [2.75, 3.05) is 4.90 Å². The lowest BCUT2D eigenvalue weighted by atomic mass is 10.3. The highest BCUT2D eigenvalue weighted by Gasteiger charge is 2.22. The maximum absolute atomic E-state index is 11.6. The molecule has 0 saturated heterocycles. The van der Waals surface area contributed by atoms with Crippen LogP contribution in [-0.4, -0.2) is 21.2 Å². The Morgan fingerprint density at radius 3 is 2.74 bits per heavy atom. The molecule has 0 bridgehead atoms. The molecule has 8 heteroatoms. The van der Waals surface area contributed by atoms with Crippen LogP contribution in [-0.2, 0) is 6.42 Å². The summed E-state index contributed by atoms with van der Waals surface area (Å²) < 4.78 is 0. The van der Waals surface area contributed by atoms with Gasteiger partial charge in [-0.05, 0) is 18.2 Å². The lowest BCUT2D eigenvalue weighted by Gasteiger charge is -2.17. The Kier molecular flexibility index (Phi) is 3.92. The molecule has 0 saturated carbocycles. The Morgan fingerprint density at radius 2 is 2.21 bits per heavy atom. The third-order valence-electron chi connectivity index (χ3n) is 2.43. The van der Waals surface area contributed by atoms with Crippen LogP contribution in [0.1, 0.15) is 12.7 Å². The molecule has 19 heavy (non-hydrogen) atoms. The molecule has 2 aromatic rings. The fourth-order valence-electron chi connectivity index (χ4n) is 1.53. The molecule has 0 aliphatic rings. The van der Waals surface area contributed by atoms with Crippen LogP contribution in [0.4, 0.5) is 16.4 Å². The minimum absolute atomic E-state index is 0.147. The van der Waals surface area contributed by atoms with E-state index in [2.05, 4.69) is 15.2 Å². The number of aryl methyl sites for hydroxylation is 1. The number of carbonyl (C=O) groups is 1. The Hall–Kier alpha value is -1.79. The first kappa shape index (κ1) is 13.6. The summed E-state index contributed by atoms with van der Waals surface area (Å²) in [5, 5.41) is 7.40. The first-order chi connectivity index (χ1) is 9.02. The Labute approximate surface area is 119 Å². The number of primary amides is 1. The van der Waals surface area contributed by atoms with E-state index in [4.69, 9.17) is 28.9 Å². The highest BCUT2D eigenvalue weighted by atomic mass is 35.5. The summed E-state index contributed by atoms with van der Waals surface area (Å²) in [7, 11) is 0. The molecule has 0 fully saturated rings. The van der Waals surface area contributed by atoms with Crippen LogP contribution in [0.5, 0.6) is 0 Å². The van der Waals surface area contributed by atoms with Gasteiger partial charge < -0.3 is 5.73 Å². The van der Waals surface area contributed by atoms with Crippen molar-refractivity contribution in [3.8, 4) is 0 Å². The van der Waals surface area contributed by atoms with Crippen LogP contribution in [0.3, 0.4) is 0 Å². The van der Waals surface area contributed by atoms with Crippen molar-refractivity contribution in [1.29, 1.82) is 0 Å². The van der Waals surface area contributed by atoms with Gasteiger partial charge in [0.2, 0.25) is 0 Å². The molecular weight excluding hydrogens is 289 g/mol. The monoisotopic (exact) mass is 299 g/mol. The molecule has 1 heterocycles. The van der Waals surface area contributed by atoms with Crippen molar-refractivity contribution in [1.82, 2.24) is 15.2 Å². The van der Waals surface area contributed by atoms with Gasteiger partial charge in [0, 0.05) is 11.4 Å². The van der Waals surface area contributed by atoms with Gasteiger partial charge in [-0.15, -0.1) is 5.10 Å². The first-order valence-electron chi connectivity index (χ1n) is 5.48. The highest BCUT2D eigenvalue weighted by molar-refractivity contribution is 6.37. The number of amides is 2. The van der Waals surface area contributed by atoms with E-state index < -0.39 is 6.03 Å². The van der Waals surface area contributed by atoms with Gasteiger partial charge in [0.15, 0.2) is 0 Å². The molecule has 0 aliphatic heterocycles. The number of hydrogen-bond donors (Lipinski definition) is 2. The SMILES string of the molecule is CCc1nc(N(C(N)=O)c2ccc(Cl)cc2Cl)n[nH]1. The molecule has 0 radical (unpaired) electrons. The number of anilines is 2. The third kappa shape index (κ3) is 2.80. The Morgan fingerprint density at radius 1 is 1.47 bits per heavy atom. The summed E-state index contributed by atoms with van der Waals surface area (Å²) in [5.74, 6) is 0.792. The molecule has 3 N–H and O–H groups in total. The predicted molar refractivity (Wildman–Crippen MR) is 73.9 cm³/mol. The number of aromatic nitrogens is 3. The normalized spacial score (nSPS) is 10.5. The van der Waals surface area contributed by atoms with Gasteiger partial charge in [-0.3, -0.25) is 5.10 Å². The van der Waals surface area contributed by atoms with Gasteiger partial charge in [-0.25, -0.2) is 9.69 Å². The standard InChI is InChI=1S/C11H11Cl2N5O/c1-2-9-15-11(17-16-9)18(10(14)19)8-4-3-6(12)5-7(8)13/h3-5H,2H2,1H3,(H2,14,19)(H,15,16,17). The van der Waals surface area contributed by atoms with E-state index in [1.54, 1.807) is 12.1 Å². The molecule has 1 aromatic carbocycles. The number of rotatable bonds is 3. The average molecular weight is 300 g/mol. The maximum Gasteiger partial charge on any atom is 0.326 e. The van der Waals surface area contributed by atoms with Crippen molar-refractivity contribution >= 4 is 40.9 Å². The zero-order chi connectivity index (χ0) is 14.0. The van der Waals surface area contributed by atoms with E-state index in [9.17, 15) is 4.79 Å². The lowest BCUT2D eigenvalue weighted by molar-refractivity contribution is 0.256. The molecule has 2 rings (SSSR count). The van der Waals surface area contributed by atoms with Crippen molar-refractivity contribution in [3.05, 3.63) is 34.1 Å². The summed E-state index contributed by atoms with van der Waals surface area (Å²) >= 11 is 11.9. The molecule has 0 spiro atoms. The second-order valence-corrected chi connectivity index (χ2v) is 4.55. The maximum atomic E-state index is 11.6. The number of nitrogens with two attached hydrogens (primary N) is 1. The predicted octanol–water partition coefficient (Wildman–Crippen LogP) is 2.89. The molecule has 0 atom stereocenters. The second-order valence-electron chi connectivity index (χ2n) is 3.71. The van der Waals surface area contributed by atoms with Crippen LogP contribution in [0.2, 0.25) is 10.0 Å². The number of aromatic amines is 1. The number of H-pyrrole nitrogens is 1. The fraction of sp³-hybridized carbons (Fsp3) is 0.182. The largest absolute Gasteiger partial charge is 0.351 e. The van der Waals surface area contributed by atoms with Crippen molar-refractivity contribution in [3.63, 3.8) is 0 Å². The van der Waals surface area contributed by atoms with Gasteiger partial charge >= 0.3 is 6.03 Å². The van der Waals surface area contributed by atoms with Gasteiger partial charge in [0.25, 0.3) is 5.95 Å². The first-order valence-corrected chi connectivity index (χ1v) is 6.24. The van der Waals surface area contributed by atoms with E-state index in [0.29, 0.717) is 23.0 Å². The Bertz CT molecular complexity index is 613. The minimum atomic E-state index is -0.731. The zero-order valence-corrected chi connectivity index (χ0v) is 11.5. The smallest absolute Gasteiger partial charge is 0.326 e. The van der Waals surface area contributed by atoms with Crippen LogP contribution in [0.25, 0.3) is 0 Å². The quantitative estimate of drug-likeness (QED) is 0.913. The van der Waals surface area contributed by atoms with E-state index in [1.807, 2.05) is 6.92 Å². The van der Waals surface area contributed by atoms with E-state index in [0.717, 1.165) is 4.90 Å². The molecular formula is C11H11Cl2N5O. The van der Waals surface area contributed by atoms with Gasteiger partial charge in [0.05, 0.1) is 10.7 Å². The summed E-state index contributed by atoms with van der Waals surface area (Å²) in [6.07, 6.45) is 0.661. The number of nitrogens with zero attached hydrogens (tertiary/aromatic N) is 3. The molecule has 0 aliphatic carbocycles. The fourth-order valence-corrected chi connectivity index (χ4v) is 2.02. The van der Waals surface area contributed by atoms with Crippen LogP contribution < -0.4 is 10.6 Å². The van der Waals surface area contributed by atoms with Gasteiger partial charge in [-0.2, -0.15) is 4.98 Å². The highest BCUT2D eigenvalue weighted by Crippen LogP contribution is 2.32.